The van der Waals surface area contributed by atoms with Crippen molar-refractivity contribution in [1.82, 2.24) is 4.31 Å². The molecule has 1 heterocycles. The molecule has 1 aromatic rings. The van der Waals surface area contributed by atoms with Gasteiger partial charge in [-0.15, -0.1) is 0 Å². The molecule has 0 bridgehead atoms. The first-order chi connectivity index (χ1) is 9.62. The summed E-state index contributed by atoms with van der Waals surface area (Å²) in [5.41, 5.74) is 2.23. The molecule has 1 aliphatic rings. The zero-order chi connectivity index (χ0) is 15.8. The van der Waals surface area contributed by atoms with Crippen LogP contribution in [0.1, 0.15) is 39.7 Å². The lowest BCUT2D eigenvalue weighted by molar-refractivity contribution is 0.373. The van der Waals surface area contributed by atoms with Crippen molar-refractivity contribution in [2.75, 3.05) is 6.54 Å². The highest BCUT2D eigenvalue weighted by Crippen LogP contribution is 2.38. The number of aryl methyl sites for hydroxylation is 1. The van der Waals surface area contributed by atoms with Gasteiger partial charge in [0.25, 0.3) is 0 Å². The molecule has 1 fully saturated rings. The molecule has 2 rings (SSSR count). The van der Waals surface area contributed by atoms with E-state index < -0.39 is 10.0 Å². The van der Waals surface area contributed by atoms with E-state index in [0.717, 1.165) is 17.6 Å². The zero-order valence-electron chi connectivity index (χ0n) is 13.6. The highest BCUT2D eigenvalue weighted by molar-refractivity contribution is 7.89. The molecule has 1 aromatic carbocycles. The third-order valence-electron chi connectivity index (χ3n) is 3.87. The Labute approximate surface area is 128 Å². The maximum Gasteiger partial charge on any atom is 0.243 e. The van der Waals surface area contributed by atoms with Crippen molar-refractivity contribution in [3.05, 3.63) is 41.5 Å². The fourth-order valence-electron chi connectivity index (χ4n) is 2.91. The summed E-state index contributed by atoms with van der Waals surface area (Å²) in [7, 11) is -3.43. The SMILES string of the molecule is CC(C)=CC1CC(C)(C)CN1S(=O)(=O)c1ccc(C)cc1. The standard InChI is InChI=1S/C17H25NO2S/c1-13(2)10-15-11-17(4,5)12-18(15)21(19,20)16-8-6-14(3)7-9-16/h6-10,15H,11-12H2,1-5H3. The van der Waals surface area contributed by atoms with Gasteiger partial charge in [-0.25, -0.2) is 8.42 Å². The van der Waals surface area contributed by atoms with Crippen LogP contribution in [-0.2, 0) is 10.0 Å². The van der Waals surface area contributed by atoms with E-state index in [4.69, 9.17) is 0 Å². The van der Waals surface area contributed by atoms with E-state index in [1.165, 1.54) is 0 Å². The Morgan fingerprint density at radius 1 is 1.24 bits per heavy atom. The van der Waals surface area contributed by atoms with Crippen LogP contribution in [0, 0.1) is 12.3 Å². The number of hydrogen-bond acceptors (Lipinski definition) is 2. The maximum atomic E-state index is 12.9. The Bertz CT molecular complexity index is 638. The van der Waals surface area contributed by atoms with Crippen LogP contribution in [0.3, 0.4) is 0 Å². The molecule has 0 aliphatic carbocycles. The van der Waals surface area contributed by atoms with Gasteiger partial charge < -0.3 is 0 Å². The molecule has 3 nitrogen and oxygen atoms in total. The third kappa shape index (κ3) is 3.55. The number of nitrogens with zero attached hydrogens (tertiary/aromatic N) is 1. The smallest absolute Gasteiger partial charge is 0.207 e. The molecule has 0 amide bonds. The molecule has 0 radical (unpaired) electrons. The summed E-state index contributed by atoms with van der Waals surface area (Å²) in [6.07, 6.45) is 2.93. The van der Waals surface area contributed by atoms with Gasteiger partial charge in [0.1, 0.15) is 0 Å². The molecule has 1 saturated heterocycles. The normalized spacial score (nSPS) is 22.2. The first-order valence-electron chi connectivity index (χ1n) is 7.35. The number of allylic oxidation sites excluding steroid dienone is 1. The summed E-state index contributed by atoms with van der Waals surface area (Å²) < 4.78 is 27.5. The van der Waals surface area contributed by atoms with Crippen molar-refractivity contribution in [2.45, 2.75) is 52.0 Å². The second kappa shape index (κ2) is 5.58. The average molecular weight is 307 g/mol. The van der Waals surface area contributed by atoms with Gasteiger partial charge in [0.05, 0.1) is 4.90 Å². The lowest BCUT2D eigenvalue weighted by atomic mass is 9.90. The highest BCUT2D eigenvalue weighted by atomic mass is 32.2. The van der Waals surface area contributed by atoms with Gasteiger partial charge >= 0.3 is 0 Å². The molecule has 1 aliphatic heterocycles. The Balaban J connectivity index is 2.41. The fraction of sp³-hybridized carbons (Fsp3) is 0.529. The number of hydrogen-bond donors (Lipinski definition) is 0. The van der Waals surface area contributed by atoms with Crippen molar-refractivity contribution in [3.63, 3.8) is 0 Å². The minimum Gasteiger partial charge on any atom is -0.207 e. The van der Waals surface area contributed by atoms with Crippen LogP contribution < -0.4 is 0 Å². The third-order valence-corrected chi connectivity index (χ3v) is 5.75. The number of sulfonamides is 1. The van der Waals surface area contributed by atoms with Crippen molar-refractivity contribution in [3.8, 4) is 0 Å². The molecule has 1 unspecified atom stereocenters. The van der Waals surface area contributed by atoms with Crippen LogP contribution in [0.15, 0.2) is 40.8 Å². The molecule has 0 aromatic heterocycles. The summed E-state index contributed by atoms with van der Waals surface area (Å²) in [4.78, 5) is 0.387. The molecule has 21 heavy (non-hydrogen) atoms. The largest absolute Gasteiger partial charge is 0.243 e. The quantitative estimate of drug-likeness (QED) is 0.798. The van der Waals surface area contributed by atoms with Crippen molar-refractivity contribution in [1.29, 1.82) is 0 Å². The van der Waals surface area contributed by atoms with E-state index in [0.29, 0.717) is 11.4 Å². The van der Waals surface area contributed by atoms with Gasteiger partial charge in [0, 0.05) is 12.6 Å². The summed E-state index contributed by atoms with van der Waals surface area (Å²) in [5.74, 6) is 0. The Kier molecular flexibility index (Phi) is 4.31. The minimum absolute atomic E-state index is 0.00832. The van der Waals surface area contributed by atoms with Crippen LogP contribution in [0.4, 0.5) is 0 Å². The molecule has 0 N–H and O–H groups in total. The van der Waals surface area contributed by atoms with Gasteiger partial charge in [-0.05, 0) is 44.7 Å². The molecule has 1 atom stereocenters. The van der Waals surface area contributed by atoms with Crippen LogP contribution in [0.5, 0.6) is 0 Å². The van der Waals surface area contributed by atoms with E-state index in [1.807, 2.05) is 32.9 Å². The number of rotatable bonds is 3. The summed E-state index contributed by atoms with van der Waals surface area (Å²) in [5, 5.41) is 0. The van der Waals surface area contributed by atoms with Gasteiger partial charge in [-0.1, -0.05) is 43.2 Å². The van der Waals surface area contributed by atoms with Gasteiger partial charge in [-0.2, -0.15) is 4.31 Å². The molecule has 0 spiro atoms. The maximum absolute atomic E-state index is 12.9. The van der Waals surface area contributed by atoms with E-state index in [9.17, 15) is 8.42 Å². The van der Waals surface area contributed by atoms with E-state index in [2.05, 4.69) is 19.9 Å². The summed E-state index contributed by atoms with van der Waals surface area (Å²) in [6, 6.07) is 7.07. The topological polar surface area (TPSA) is 37.4 Å². The van der Waals surface area contributed by atoms with Crippen molar-refractivity contribution in [2.24, 2.45) is 5.41 Å². The van der Waals surface area contributed by atoms with E-state index in [1.54, 1.807) is 16.4 Å². The van der Waals surface area contributed by atoms with Crippen molar-refractivity contribution >= 4 is 10.0 Å². The van der Waals surface area contributed by atoms with Crippen LogP contribution in [-0.4, -0.2) is 25.3 Å². The van der Waals surface area contributed by atoms with Crippen molar-refractivity contribution < 1.29 is 8.42 Å². The zero-order valence-corrected chi connectivity index (χ0v) is 14.4. The predicted molar refractivity (Wildman–Crippen MR) is 86.7 cm³/mol. The highest BCUT2D eigenvalue weighted by Gasteiger charge is 2.42. The van der Waals surface area contributed by atoms with Crippen LogP contribution >= 0.6 is 0 Å². The van der Waals surface area contributed by atoms with Gasteiger partial charge in [-0.3, -0.25) is 0 Å². The molecule has 116 valence electrons. The predicted octanol–water partition coefficient (Wildman–Crippen LogP) is 3.75. The summed E-state index contributed by atoms with van der Waals surface area (Å²) in [6.45, 7) is 10.8. The molecule has 0 saturated carbocycles. The van der Waals surface area contributed by atoms with E-state index in [-0.39, 0.29) is 11.5 Å². The lowest BCUT2D eigenvalue weighted by Gasteiger charge is -2.22. The number of benzene rings is 1. The fourth-order valence-corrected chi connectivity index (χ4v) is 4.67. The lowest BCUT2D eigenvalue weighted by Crippen LogP contribution is -2.35. The average Bonchev–Trinajstić information content (AvgIpc) is 2.64. The monoisotopic (exact) mass is 307 g/mol. The second-order valence-electron chi connectivity index (χ2n) is 7.04. The van der Waals surface area contributed by atoms with Crippen LogP contribution in [0.2, 0.25) is 0 Å². The minimum atomic E-state index is -3.43. The molecule has 4 heteroatoms. The second-order valence-corrected chi connectivity index (χ2v) is 8.93. The Hall–Kier alpha value is -1.13. The van der Waals surface area contributed by atoms with Gasteiger partial charge in [0.2, 0.25) is 10.0 Å². The Morgan fingerprint density at radius 3 is 2.33 bits per heavy atom. The van der Waals surface area contributed by atoms with Crippen LogP contribution in [0.25, 0.3) is 0 Å². The summed E-state index contributed by atoms with van der Waals surface area (Å²) >= 11 is 0. The first kappa shape index (κ1) is 16.2. The molecular weight excluding hydrogens is 282 g/mol. The Morgan fingerprint density at radius 2 is 1.81 bits per heavy atom. The van der Waals surface area contributed by atoms with Gasteiger partial charge in [0.15, 0.2) is 0 Å². The van der Waals surface area contributed by atoms with E-state index >= 15 is 0 Å². The first-order valence-corrected chi connectivity index (χ1v) is 8.79. The molecular formula is C17H25NO2S.